The molecule has 0 heterocycles. The average Bonchev–Trinajstić information content (AvgIpc) is 3.06. The summed E-state index contributed by atoms with van der Waals surface area (Å²) in [5, 5.41) is 0. The van der Waals surface area contributed by atoms with E-state index in [4.69, 9.17) is 11.5 Å². The van der Waals surface area contributed by atoms with Crippen LogP contribution in [0.1, 0.15) is 271 Å². The summed E-state index contributed by atoms with van der Waals surface area (Å²) in [6.07, 6.45) is 54.0. The molecule has 0 aliphatic heterocycles. The van der Waals surface area contributed by atoms with Gasteiger partial charge in [-0.25, -0.2) is 0 Å². The zero-order valence-electron chi connectivity index (χ0n) is 32.8. The molecule has 0 saturated carbocycles. The van der Waals surface area contributed by atoms with Crippen LogP contribution >= 0.6 is 0 Å². The lowest BCUT2D eigenvalue weighted by Gasteiger charge is -2.36. The number of hydrogen-bond acceptors (Lipinski definition) is 2. The summed E-state index contributed by atoms with van der Waals surface area (Å²) >= 11 is 0. The molecule has 0 saturated heterocycles. The predicted molar refractivity (Wildman–Crippen MR) is 212 cm³/mol. The molecule has 0 aromatic rings. The molecule has 1 atom stereocenters. The van der Waals surface area contributed by atoms with Crippen LogP contribution in [0.3, 0.4) is 0 Å². The van der Waals surface area contributed by atoms with Gasteiger partial charge in [0.05, 0.1) is 0 Å². The Balaban J connectivity index is 4.22. The number of rotatable bonds is 40. The zero-order chi connectivity index (χ0) is 33.7. The molecule has 2 nitrogen and oxygen atoms in total. The third kappa shape index (κ3) is 32.5. The maximum atomic E-state index is 7.22. The van der Waals surface area contributed by atoms with Gasteiger partial charge >= 0.3 is 0 Å². The minimum Gasteiger partial charge on any atom is -0.326 e. The summed E-state index contributed by atoms with van der Waals surface area (Å²) in [6, 6.07) is 0.177. The molecule has 0 aliphatic carbocycles. The Morgan fingerprint density at radius 2 is 0.500 bits per heavy atom. The van der Waals surface area contributed by atoms with Crippen molar-refractivity contribution < 1.29 is 0 Å². The summed E-state index contributed by atoms with van der Waals surface area (Å²) < 4.78 is 0. The first kappa shape index (κ1) is 45.9. The van der Waals surface area contributed by atoms with E-state index in [0.717, 1.165) is 19.3 Å². The van der Waals surface area contributed by atoms with Gasteiger partial charge < -0.3 is 11.5 Å². The largest absolute Gasteiger partial charge is 0.326 e. The van der Waals surface area contributed by atoms with Gasteiger partial charge in [-0.05, 0) is 19.3 Å². The maximum absolute atomic E-state index is 7.22. The molecule has 0 fully saturated rings. The first-order chi connectivity index (χ1) is 22.6. The minimum atomic E-state index is -0.144. The molecule has 0 amide bonds. The SMILES string of the molecule is CCCCCCCCCCCCCCC(N)C(N)(CCCCCCCCCCCCCC)CCCCCCCCCCCCCC. The molecule has 0 aromatic heterocycles. The van der Waals surface area contributed by atoms with Crippen LogP contribution in [-0.2, 0) is 0 Å². The van der Waals surface area contributed by atoms with Gasteiger partial charge in [-0.3, -0.25) is 0 Å². The van der Waals surface area contributed by atoms with E-state index in [1.165, 1.54) is 231 Å². The molecule has 1 unspecified atom stereocenters. The predicted octanol–water partition coefficient (Wildman–Crippen LogP) is 15.3. The first-order valence-electron chi connectivity index (χ1n) is 22.1. The highest BCUT2D eigenvalue weighted by molar-refractivity contribution is 4.94. The molecule has 4 N–H and O–H groups in total. The highest BCUT2D eigenvalue weighted by Gasteiger charge is 2.31. The third-order valence-electron chi connectivity index (χ3n) is 11.1. The van der Waals surface area contributed by atoms with Gasteiger partial charge in [-0.15, -0.1) is 0 Å². The fraction of sp³-hybridized carbons (Fsp3) is 1.00. The van der Waals surface area contributed by atoms with E-state index in [9.17, 15) is 0 Å². The minimum absolute atomic E-state index is 0.144. The van der Waals surface area contributed by atoms with Crippen molar-refractivity contribution in [3.05, 3.63) is 0 Å². The average molecular weight is 649 g/mol. The molecule has 0 rings (SSSR count). The van der Waals surface area contributed by atoms with E-state index in [0.29, 0.717) is 0 Å². The summed E-state index contributed by atoms with van der Waals surface area (Å²) in [4.78, 5) is 0. The normalized spacial score (nSPS) is 12.7. The highest BCUT2D eigenvalue weighted by Crippen LogP contribution is 2.27. The Morgan fingerprint density at radius 1 is 0.304 bits per heavy atom. The molecule has 0 aromatic carbocycles. The lowest BCUT2D eigenvalue weighted by molar-refractivity contribution is 0.263. The van der Waals surface area contributed by atoms with Crippen LogP contribution in [0.4, 0.5) is 0 Å². The topological polar surface area (TPSA) is 52.0 Å². The molecule has 46 heavy (non-hydrogen) atoms. The molecule has 2 heteroatoms. The molecular formula is C44H92N2. The Kier molecular flexibility index (Phi) is 37.7. The summed E-state index contributed by atoms with van der Waals surface area (Å²) in [6.45, 7) is 6.92. The van der Waals surface area contributed by atoms with Crippen LogP contribution in [-0.4, -0.2) is 11.6 Å². The van der Waals surface area contributed by atoms with E-state index in [1.54, 1.807) is 0 Å². The van der Waals surface area contributed by atoms with Gasteiger partial charge in [0.15, 0.2) is 0 Å². The second kappa shape index (κ2) is 37.7. The summed E-state index contributed by atoms with van der Waals surface area (Å²) in [5.41, 5.74) is 14.0. The third-order valence-corrected chi connectivity index (χ3v) is 11.1. The molecule has 0 spiro atoms. The van der Waals surface area contributed by atoms with Crippen molar-refractivity contribution in [1.82, 2.24) is 0 Å². The van der Waals surface area contributed by atoms with Gasteiger partial charge in [0, 0.05) is 11.6 Å². The Labute approximate surface area is 293 Å². The van der Waals surface area contributed by atoms with E-state index in [-0.39, 0.29) is 11.6 Å². The Bertz CT molecular complexity index is 518. The lowest BCUT2D eigenvalue weighted by atomic mass is 9.79. The first-order valence-corrected chi connectivity index (χ1v) is 22.1. The van der Waals surface area contributed by atoms with E-state index < -0.39 is 0 Å². The Morgan fingerprint density at radius 3 is 0.739 bits per heavy atom. The second-order valence-corrected chi connectivity index (χ2v) is 15.8. The lowest BCUT2D eigenvalue weighted by Crippen LogP contribution is -2.55. The van der Waals surface area contributed by atoms with E-state index >= 15 is 0 Å². The summed E-state index contributed by atoms with van der Waals surface area (Å²) in [5.74, 6) is 0. The smallest absolute Gasteiger partial charge is 0.0307 e. The van der Waals surface area contributed by atoms with E-state index in [2.05, 4.69) is 20.8 Å². The van der Waals surface area contributed by atoms with Crippen molar-refractivity contribution in [3.63, 3.8) is 0 Å². The quantitative estimate of drug-likeness (QED) is 0.0650. The van der Waals surface area contributed by atoms with Gasteiger partial charge in [-0.2, -0.15) is 0 Å². The van der Waals surface area contributed by atoms with Gasteiger partial charge in [0.25, 0.3) is 0 Å². The van der Waals surface area contributed by atoms with Crippen LogP contribution in [0.15, 0.2) is 0 Å². The molecular weight excluding hydrogens is 556 g/mol. The van der Waals surface area contributed by atoms with Crippen molar-refractivity contribution in [3.8, 4) is 0 Å². The molecule has 278 valence electrons. The van der Waals surface area contributed by atoms with Crippen LogP contribution in [0.25, 0.3) is 0 Å². The standard InChI is InChI=1S/C44H92N2/c1-4-7-10-13-16-19-22-25-28-31-34-37-40-43(45)44(46,41-38-35-32-29-26-23-20-17-14-11-8-5-2)42-39-36-33-30-27-24-21-18-15-12-9-6-3/h43H,4-42,45-46H2,1-3H3. The number of unbranched alkanes of at least 4 members (excludes halogenated alkanes) is 33. The second-order valence-electron chi connectivity index (χ2n) is 15.8. The van der Waals surface area contributed by atoms with Crippen LogP contribution < -0.4 is 11.5 Å². The maximum Gasteiger partial charge on any atom is 0.0307 e. The fourth-order valence-corrected chi connectivity index (χ4v) is 7.58. The van der Waals surface area contributed by atoms with Gasteiger partial charge in [0.1, 0.15) is 0 Å². The van der Waals surface area contributed by atoms with Crippen molar-refractivity contribution in [2.75, 3.05) is 0 Å². The molecule has 0 radical (unpaired) electrons. The van der Waals surface area contributed by atoms with Gasteiger partial charge in [-0.1, -0.05) is 252 Å². The van der Waals surface area contributed by atoms with Crippen molar-refractivity contribution in [1.29, 1.82) is 0 Å². The molecule has 0 bridgehead atoms. The number of hydrogen-bond donors (Lipinski definition) is 2. The van der Waals surface area contributed by atoms with Crippen molar-refractivity contribution in [2.45, 2.75) is 283 Å². The van der Waals surface area contributed by atoms with Crippen molar-refractivity contribution >= 4 is 0 Å². The Hall–Kier alpha value is -0.0800. The highest BCUT2D eigenvalue weighted by atomic mass is 14.9. The van der Waals surface area contributed by atoms with E-state index in [1.807, 2.05) is 0 Å². The number of nitrogens with two attached hydrogens (primary N) is 2. The van der Waals surface area contributed by atoms with Crippen LogP contribution in [0, 0.1) is 0 Å². The van der Waals surface area contributed by atoms with Crippen LogP contribution in [0.2, 0.25) is 0 Å². The van der Waals surface area contributed by atoms with Gasteiger partial charge in [0.2, 0.25) is 0 Å². The van der Waals surface area contributed by atoms with Crippen molar-refractivity contribution in [2.24, 2.45) is 11.5 Å². The molecule has 0 aliphatic rings. The fourth-order valence-electron chi connectivity index (χ4n) is 7.58. The monoisotopic (exact) mass is 649 g/mol. The summed E-state index contributed by atoms with van der Waals surface area (Å²) in [7, 11) is 0. The van der Waals surface area contributed by atoms with Crippen LogP contribution in [0.5, 0.6) is 0 Å². The zero-order valence-corrected chi connectivity index (χ0v) is 32.8.